The lowest BCUT2D eigenvalue weighted by Crippen LogP contribution is -1.67. The first kappa shape index (κ1) is 12.7. The lowest BCUT2D eigenvalue weighted by molar-refractivity contribution is 0.565. The van der Waals surface area contributed by atoms with E-state index < -0.39 is 0 Å². The highest BCUT2D eigenvalue weighted by Crippen LogP contribution is 2.11. The van der Waals surface area contributed by atoms with Gasteiger partial charge in [-0.2, -0.15) is 4.99 Å². The predicted octanol–water partition coefficient (Wildman–Crippen LogP) is 4.49. The highest BCUT2D eigenvalue weighted by molar-refractivity contribution is 5.81. The smallest absolute Gasteiger partial charge is 0.211 e. The van der Waals surface area contributed by atoms with Crippen molar-refractivity contribution in [2.75, 3.05) is 0 Å². The van der Waals surface area contributed by atoms with E-state index >= 15 is 0 Å². The van der Waals surface area contributed by atoms with Gasteiger partial charge in [-0.15, -0.1) is 0 Å². The molecule has 0 aromatic heterocycles. The first-order valence-electron chi connectivity index (χ1n) is 5.97. The van der Waals surface area contributed by atoms with Gasteiger partial charge in [0, 0.05) is 0 Å². The van der Waals surface area contributed by atoms with Gasteiger partial charge in [0.25, 0.3) is 0 Å². The van der Waals surface area contributed by atoms with E-state index in [1.165, 1.54) is 16.9 Å². The van der Waals surface area contributed by atoms with Crippen molar-refractivity contribution in [3.05, 3.63) is 78.9 Å². The highest BCUT2D eigenvalue weighted by atomic mass is 16.1. The maximum absolute atomic E-state index is 9.68. The fraction of sp³-hybridized carbons (Fsp3) is 0. The Morgan fingerprint density at radius 3 is 1.47 bits per heavy atom. The summed E-state index contributed by atoms with van der Waals surface area (Å²) < 4.78 is 0. The molecule has 0 aliphatic heterocycles. The molecule has 0 unspecified atom stereocenters. The number of carbonyl (C=O) groups excluding carboxylic acids is 1. The average molecular weight is 247 g/mol. The molecule has 2 nitrogen and oxygen atoms in total. The lowest BCUT2D eigenvalue weighted by Gasteiger charge is -1.92. The maximum atomic E-state index is 9.68. The number of benzene rings is 3. The minimum Gasteiger partial charge on any atom is -0.211 e. The predicted molar refractivity (Wildman–Crippen MR) is 78.2 cm³/mol. The summed E-state index contributed by atoms with van der Waals surface area (Å²) in [7, 11) is 0. The van der Waals surface area contributed by atoms with Crippen LogP contribution in [0, 0.1) is 0 Å². The monoisotopic (exact) mass is 247 g/mol. The molecule has 0 N–H and O–H groups in total. The summed E-state index contributed by atoms with van der Waals surface area (Å²) in [6.45, 7) is 0. The van der Waals surface area contributed by atoms with Gasteiger partial charge in [-0.25, -0.2) is 4.79 Å². The molecule has 92 valence electrons. The average Bonchev–Trinajstić information content (AvgIpc) is 2.50. The van der Waals surface area contributed by atoms with Gasteiger partial charge in [0.1, 0.15) is 0 Å². The quantitative estimate of drug-likeness (QED) is 0.460. The molecule has 0 spiro atoms. The van der Waals surface area contributed by atoms with Crippen LogP contribution < -0.4 is 0 Å². The van der Waals surface area contributed by atoms with Crippen molar-refractivity contribution in [2.24, 2.45) is 4.99 Å². The first-order valence-corrected chi connectivity index (χ1v) is 5.97. The van der Waals surface area contributed by atoms with Crippen molar-refractivity contribution in [3.8, 4) is 0 Å². The molecule has 0 aliphatic carbocycles. The summed E-state index contributed by atoms with van der Waals surface area (Å²) in [6, 6.07) is 25.7. The Hall–Kier alpha value is -2.70. The van der Waals surface area contributed by atoms with Gasteiger partial charge in [0.05, 0.1) is 5.69 Å². The van der Waals surface area contributed by atoms with Crippen LogP contribution in [0.25, 0.3) is 10.8 Å². The molecule has 0 saturated heterocycles. The number of aliphatic imine (C=N–C) groups is 1. The van der Waals surface area contributed by atoms with Crippen LogP contribution >= 0.6 is 0 Å². The molecule has 0 radical (unpaired) electrons. The van der Waals surface area contributed by atoms with Crippen LogP contribution in [0.1, 0.15) is 0 Å². The van der Waals surface area contributed by atoms with E-state index in [9.17, 15) is 4.79 Å². The number of hydrogen-bond acceptors (Lipinski definition) is 2. The van der Waals surface area contributed by atoms with E-state index in [2.05, 4.69) is 53.5 Å². The molecule has 0 amide bonds. The van der Waals surface area contributed by atoms with E-state index in [1.54, 1.807) is 12.1 Å². The maximum Gasteiger partial charge on any atom is 0.240 e. The molecule has 19 heavy (non-hydrogen) atoms. The topological polar surface area (TPSA) is 29.4 Å². The molecule has 0 bridgehead atoms. The van der Waals surface area contributed by atoms with E-state index in [-0.39, 0.29) is 0 Å². The summed E-state index contributed by atoms with van der Waals surface area (Å²) in [5.74, 6) is 0. The minimum absolute atomic E-state index is 0.646. The molecule has 0 aliphatic rings. The number of rotatable bonds is 1. The van der Waals surface area contributed by atoms with Crippen LogP contribution in [0.15, 0.2) is 83.9 Å². The zero-order valence-electron chi connectivity index (χ0n) is 10.4. The van der Waals surface area contributed by atoms with Gasteiger partial charge >= 0.3 is 0 Å². The Morgan fingerprint density at radius 1 is 0.632 bits per heavy atom. The van der Waals surface area contributed by atoms with E-state index in [0.717, 1.165) is 0 Å². The van der Waals surface area contributed by atoms with Crippen molar-refractivity contribution in [3.63, 3.8) is 0 Å². The van der Waals surface area contributed by atoms with E-state index in [4.69, 9.17) is 0 Å². The lowest BCUT2D eigenvalue weighted by atomic mass is 10.1. The van der Waals surface area contributed by atoms with Crippen molar-refractivity contribution in [1.82, 2.24) is 0 Å². The van der Waals surface area contributed by atoms with E-state index in [0.29, 0.717) is 5.69 Å². The normalized spacial score (nSPS) is 9.05. The Morgan fingerprint density at radius 2 is 1.05 bits per heavy atom. The van der Waals surface area contributed by atoms with Gasteiger partial charge in [0.2, 0.25) is 6.08 Å². The molecule has 0 saturated carbocycles. The van der Waals surface area contributed by atoms with Crippen molar-refractivity contribution in [2.45, 2.75) is 0 Å². The molecule has 0 heterocycles. The summed E-state index contributed by atoms with van der Waals surface area (Å²) >= 11 is 0. The molecule has 3 aromatic carbocycles. The first-order chi connectivity index (χ1) is 9.40. The Labute approximate surface area is 112 Å². The third-order valence-corrected chi connectivity index (χ3v) is 2.59. The second-order valence-corrected chi connectivity index (χ2v) is 3.89. The third-order valence-electron chi connectivity index (χ3n) is 2.59. The van der Waals surface area contributed by atoms with E-state index in [1.807, 2.05) is 18.2 Å². The third kappa shape index (κ3) is 3.91. The Balaban J connectivity index is 0.000000141. The Bertz CT molecular complexity index is 620. The van der Waals surface area contributed by atoms with Crippen LogP contribution in [0.4, 0.5) is 5.69 Å². The van der Waals surface area contributed by atoms with Gasteiger partial charge in [-0.05, 0) is 22.9 Å². The van der Waals surface area contributed by atoms with Crippen molar-refractivity contribution >= 4 is 22.5 Å². The van der Waals surface area contributed by atoms with Crippen LogP contribution in [0.2, 0.25) is 0 Å². The SMILES string of the molecule is O=C=Nc1ccccc1.c1ccc2ccccc2c1. The van der Waals surface area contributed by atoms with Gasteiger partial charge in [-0.1, -0.05) is 66.7 Å². The van der Waals surface area contributed by atoms with Crippen LogP contribution in [0.3, 0.4) is 0 Å². The molecular weight excluding hydrogens is 234 g/mol. The standard InChI is InChI=1S/C10H8.C7H5NO/c1-2-6-10-8-4-3-7-9(10)5-1;9-6-8-7-4-2-1-3-5-7/h1-8H;1-5H. The number of fused-ring (bicyclic) bond motifs is 1. The molecule has 0 atom stereocenters. The summed E-state index contributed by atoms with van der Waals surface area (Å²) in [6.07, 6.45) is 1.46. The van der Waals surface area contributed by atoms with Crippen LogP contribution in [-0.2, 0) is 4.79 Å². The zero-order valence-corrected chi connectivity index (χ0v) is 10.4. The zero-order chi connectivity index (χ0) is 13.3. The van der Waals surface area contributed by atoms with Crippen LogP contribution in [-0.4, -0.2) is 6.08 Å². The van der Waals surface area contributed by atoms with Crippen molar-refractivity contribution in [1.29, 1.82) is 0 Å². The second kappa shape index (κ2) is 6.90. The van der Waals surface area contributed by atoms with Crippen LogP contribution in [0.5, 0.6) is 0 Å². The minimum atomic E-state index is 0.646. The van der Waals surface area contributed by atoms with Crippen molar-refractivity contribution < 1.29 is 4.79 Å². The number of para-hydroxylation sites is 1. The summed E-state index contributed by atoms with van der Waals surface area (Å²) in [5, 5.41) is 2.62. The molecule has 0 fully saturated rings. The second-order valence-electron chi connectivity index (χ2n) is 3.89. The van der Waals surface area contributed by atoms with Gasteiger partial charge in [-0.3, -0.25) is 0 Å². The number of isocyanates is 1. The van der Waals surface area contributed by atoms with Gasteiger partial charge < -0.3 is 0 Å². The highest BCUT2D eigenvalue weighted by Gasteiger charge is 1.85. The summed E-state index contributed by atoms with van der Waals surface area (Å²) in [4.78, 5) is 13.1. The molecular formula is C17H13NO. The fourth-order valence-corrected chi connectivity index (χ4v) is 1.69. The fourth-order valence-electron chi connectivity index (χ4n) is 1.69. The largest absolute Gasteiger partial charge is 0.240 e. The van der Waals surface area contributed by atoms with Gasteiger partial charge in [0.15, 0.2) is 0 Å². The molecule has 3 rings (SSSR count). The number of hydrogen-bond donors (Lipinski definition) is 0. The molecule has 3 aromatic rings. The summed E-state index contributed by atoms with van der Waals surface area (Å²) in [5.41, 5.74) is 0.646. The molecule has 2 heteroatoms. The number of nitrogens with zero attached hydrogens (tertiary/aromatic N) is 1. The Kier molecular flexibility index (Phi) is 4.63.